The lowest BCUT2D eigenvalue weighted by molar-refractivity contribution is -0.143. The van der Waals surface area contributed by atoms with Crippen LogP contribution in [0.2, 0.25) is 0 Å². The van der Waals surface area contributed by atoms with Crippen molar-refractivity contribution < 1.29 is 29.1 Å². The van der Waals surface area contributed by atoms with Gasteiger partial charge < -0.3 is 32.5 Å². The maximum atomic E-state index is 13.0. The molecule has 0 saturated carbocycles. The summed E-state index contributed by atoms with van der Waals surface area (Å²) in [5.41, 5.74) is 11.4. The first-order chi connectivity index (χ1) is 15.4. The molecule has 33 heavy (non-hydrogen) atoms. The van der Waals surface area contributed by atoms with E-state index in [-0.39, 0.29) is 19.3 Å². The monoisotopic (exact) mass is 463 g/mol. The van der Waals surface area contributed by atoms with E-state index >= 15 is 0 Å². The molecule has 0 aliphatic carbocycles. The number of carboxylic acids is 1. The van der Waals surface area contributed by atoms with E-state index in [1.54, 1.807) is 44.2 Å². The van der Waals surface area contributed by atoms with Crippen molar-refractivity contribution in [1.29, 1.82) is 0 Å². The highest BCUT2D eigenvalue weighted by Crippen LogP contribution is 2.08. The summed E-state index contributed by atoms with van der Waals surface area (Å²) < 4.78 is 0. The summed E-state index contributed by atoms with van der Waals surface area (Å²) in [5, 5.41) is 16.9. The minimum Gasteiger partial charge on any atom is -0.480 e. The molecule has 1 aromatic rings. The van der Waals surface area contributed by atoms with Crippen LogP contribution in [-0.2, 0) is 30.4 Å². The standard InChI is InChI=1S/C22H33N5O6/c1-12(2)18(22(32)33)27-21(31)16(11-14-7-5-4-6-8-14)26-20(30)15(9-10-17(24)28)25-19(29)13(3)23/h4-8,12-13,15-16,18H,9-11,23H2,1-3H3,(H2,24,28)(H,25,29)(H,26,30)(H,27,31)(H,32,33). The summed E-state index contributed by atoms with van der Waals surface area (Å²) >= 11 is 0. The van der Waals surface area contributed by atoms with E-state index < -0.39 is 59.7 Å². The van der Waals surface area contributed by atoms with Crippen LogP contribution >= 0.6 is 0 Å². The summed E-state index contributed by atoms with van der Waals surface area (Å²) in [6, 6.07) is 4.47. The van der Waals surface area contributed by atoms with Crippen LogP contribution in [0, 0.1) is 5.92 Å². The number of amides is 4. The number of aliphatic carboxylic acids is 1. The Bertz CT molecular complexity index is 843. The lowest BCUT2D eigenvalue weighted by atomic mass is 10.0. The van der Waals surface area contributed by atoms with Gasteiger partial charge in [0.1, 0.15) is 18.1 Å². The van der Waals surface area contributed by atoms with Crippen LogP contribution in [0.3, 0.4) is 0 Å². The predicted molar refractivity (Wildman–Crippen MR) is 120 cm³/mol. The number of hydrogen-bond donors (Lipinski definition) is 6. The maximum absolute atomic E-state index is 13.0. The fourth-order valence-corrected chi connectivity index (χ4v) is 2.96. The molecule has 0 aromatic heterocycles. The number of benzene rings is 1. The van der Waals surface area contributed by atoms with E-state index in [4.69, 9.17) is 11.5 Å². The number of rotatable bonds is 13. The molecule has 0 aliphatic heterocycles. The van der Waals surface area contributed by atoms with Crippen molar-refractivity contribution >= 4 is 29.6 Å². The molecule has 1 rings (SSSR count). The molecule has 0 heterocycles. The van der Waals surface area contributed by atoms with Gasteiger partial charge in [-0.1, -0.05) is 44.2 Å². The zero-order valence-corrected chi connectivity index (χ0v) is 19.0. The Morgan fingerprint density at radius 1 is 0.879 bits per heavy atom. The lowest BCUT2D eigenvalue weighted by Crippen LogP contribution is -2.58. The third kappa shape index (κ3) is 9.69. The molecular weight excluding hydrogens is 430 g/mol. The smallest absolute Gasteiger partial charge is 0.326 e. The molecule has 11 nitrogen and oxygen atoms in total. The van der Waals surface area contributed by atoms with E-state index in [1.165, 1.54) is 6.92 Å². The van der Waals surface area contributed by atoms with Gasteiger partial charge in [-0.3, -0.25) is 19.2 Å². The van der Waals surface area contributed by atoms with E-state index in [0.717, 1.165) is 5.56 Å². The van der Waals surface area contributed by atoms with Crippen LogP contribution in [-0.4, -0.2) is 58.9 Å². The molecule has 0 bridgehead atoms. The van der Waals surface area contributed by atoms with E-state index in [0.29, 0.717) is 0 Å². The first kappa shape index (κ1) is 27.6. The largest absolute Gasteiger partial charge is 0.480 e. The number of primary amides is 1. The third-order valence-corrected chi connectivity index (χ3v) is 4.87. The highest BCUT2D eigenvalue weighted by atomic mass is 16.4. The van der Waals surface area contributed by atoms with Gasteiger partial charge in [0.15, 0.2) is 0 Å². The minimum absolute atomic E-state index is 0.0760. The highest BCUT2D eigenvalue weighted by molar-refractivity contribution is 5.94. The fourth-order valence-electron chi connectivity index (χ4n) is 2.96. The molecule has 4 unspecified atom stereocenters. The van der Waals surface area contributed by atoms with Gasteiger partial charge in [0.2, 0.25) is 23.6 Å². The predicted octanol–water partition coefficient (Wildman–Crippen LogP) is -0.963. The van der Waals surface area contributed by atoms with Gasteiger partial charge in [-0.05, 0) is 24.8 Å². The minimum atomic E-state index is -1.20. The number of carboxylic acid groups (broad SMARTS) is 1. The molecular formula is C22H33N5O6. The van der Waals surface area contributed by atoms with Gasteiger partial charge in [0.05, 0.1) is 6.04 Å². The Labute approximate surface area is 192 Å². The van der Waals surface area contributed by atoms with Crippen LogP contribution in [0.25, 0.3) is 0 Å². The third-order valence-electron chi connectivity index (χ3n) is 4.87. The van der Waals surface area contributed by atoms with E-state index in [2.05, 4.69) is 16.0 Å². The first-order valence-electron chi connectivity index (χ1n) is 10.6. The fraction of sp³-hybridized carbons (Fsp3) is 0.500. The molecule has 0 radical (unpaired) electrons. The van der Waals surface area contributed by atoms with Crippen LogP contribution in [0.1, 0.15) is 39.2 Å². The topological polar surface area (TPSA) is 194 Å². The molecule has 8 N–H and O–H groups in total. The molecule has 0 saturated heterocycles. The Balaban J connectivity index is 3.11. The van der Waals surface area contributed by atoms with Crippen molar-refractivity contribution in [3.05, 3.63) is 35.9 Å². The number of carbonyl (C=O) groups excluding carboxylic acids is 4. The van der Waals surface area contributed by atoms with Gasteiger partial charge in [0.25, 0.3) is 0 Å². The SMILES string of the molecule is CC(N)C(=O)NC(CCC(N)=O)C(=O)NC(Cc1ccccc1)C(=O)NC(C(=O)O)C(C)C. The second-order valence-corrected chi connectivity index (χ2v) is 8.17. The number of nitrogens with two attached hydrogens (primary N) is 2. The van der Waals surface area contributed by atoms with Crippen LogP contribution in [0.4, 0.5) is 0 Å². The summed E-state index contributed by atoms with van der Waals surface area (Å²) in [5.74, 6) is -4.30. The summed E-state index contributed by atoms with van der Waals surface area (Å²) in [7, 11) is 0. The van der Waals surface area contributed by atoms with Gasteiger partial charge in [-0.2, -0.15) is 0 Å². The van der Waals surface area contributed by atoms with Crippen molar-refractivity contribution in [3.63, 3.8) is 0 Å². The van der Waals surface area contributed by atoms with Crippen LogP contribution < -0.4 is 27.4 Å². The average Bonchev–Trinajstić information content (AvgIpc) is 2.73. The Morgan fingerprint density at radius 3 is 1.91 bits per heavy atom. The average molecular weight is 464 g/mol. The summed E-state index contributed by atoms with van der Waals surface area (Å²) in [6.07, 6.45) is -0.197. The number of nitrogens with one attached hydrogen (secondary N) is 3. The van der Waals surface area contributed by atoms with Gasteiger partial charge in [0, 0.05) is 12.8 Å². The highest BCUT2D eigenvalue weighted by Gasteiger charge is 2.31. The normalized spacial score (nSPS) is 14.5. The van der Waals surface area contributed by atoms with Crippen LogP contribution in [0.15, 0.2) is 30.3 Å². The van der Waals surface area contributed by atoms with E-state index in [1.807, 2.05) is 0 Å². The lowest BCUT2D eigenvalue weighted by Gasteiger charge is -2.26. The zero-order valence-electron chi connectivity index (χ0n) is 19.0. The first-order valence-corrected chi connectivity index (χ1v) is 10.6. The molecule has 0 spiro atoms. The van der Waals surface area contributed by atoms with Crippen molar-refractivity contribution in [2.24, 2.45) is 17.4 Å². The number of carbonyl (C=O) groups is 5. The molecule has 4 amide bonds. The molecule has 0 fully saturated rings. The summed E-state index contributed by atoms with van der Waals surface area (Å²) in [6.45, 7) is 4.72. The van der Waals surface area contributed by atoms with Gasteiger partial charge >= 0.3 is 5.97 Å². The summed E-state index contributed by atoms with van der Waals surface area (Å²) in [4.78, 5) is 60.7. The molecule has 1 aromatic carbocycles. The quantitative estimate of drug-likeness (QED) is 0.217. The number of hydrogen-bond acceptors (Lipinski definition) is 6. The van der Waals surface area contributed by atoms with Crippen molar-refractivity contribution in [3.8, 4) is 0 Å². The Kier molecular flexibility index (Phi) is 11.0. The second kappa shape index (κ2) is 13.2. The molecule has 11 heteroatoms. The van der Waals surface area contributed by atoms with Crippen molar-refractivity contribution in [2.45, 2.75) is 64.2 Å². The Morgan fingerprint density at radius 2 is 1.42 bits per heavy atom. The molecule has 0 aliphatic rings. The molecule has 182 valence electrons. The van der Waals surface area contributed by atoms with E-state index in [9.17, 15) is 29.1 Å². The zero-order chi connectivity index (χ0) is 25.1. The molecule has 4 atom stereocenters. The Hall–Kier alpha value is -3.47. The van der Waals surface area contributed by atoms with Crippen LogP contribution in [0.5, 0.6) is 0 Å². The van der Waals surface area contributed by atoms with Gasteiger partial charge in [-0.15, -0.1) is 0 Å². The van der Waals surface area contributed by atoms with Crippen molar-refractivity contribution in [2.75, 3.05) is 0 Å². The van der Waals surface area contributed by atoms with Gasteiger partial charge in [-0.25, -0.2) is 4.79 Å². The maximum Gasteiger partial charge on any atom is 0.326 e. The van der Waals surface area contributed by atoms with Crippen molar-refractivity contribution in [1.82, 2.24) is 16.0 Å². The second-order valence-electron chi connectivity index (χ2n) is 8.17.